The van der Waals surface area contributed by atoms with Gasteiger partial charge in [-0.2, -0.15) is 5.10 Å². The predicted octanol–water partition coefficient (Wildman–Crippen LogP) is 3.26. The van der Waals surface area contributed by atoms with Crippen LogP contribution in [0.2, 0.25) is 0 Å². The Labute approximate surface area is 160 Å². The van der Waals surface area contributed by atoms with E-state index < -0.39 is 35.2 Å². The largest absolute Gasteiger partial charge is 0.481 e. The van der Waals surface area contributed by atoms with Gasteiger partial charge in [-0.25, -0.2) is 18.4 Å². The minimum Gasteiger partial charge on any atom is -0.481 e. The molecule has 0 bridgehead atoms. The average molecular weight is 387 g/mol. The molecule has 8 heteroatoms. The summed E-state index contributed by atoms with van der Waals surface area (Å²) in [6.07, 6.45) is 2.78. The van der Waals surface area contributed by atoms with Gasteiger partial charge in [-0.1, -0.05) is 43.3 Å². The van der Waals surface area contributed by atoms with E-state index in [1.165, 1.54) is 17.3 Å². The minimum absolute atomic E-state index is 0.216. The Morgan fingerprint density at radius 1 is 1.21 bits per heavy atom. The van der Waals surface area contributed by atoms with Crippen molar-refractivity contribution in [3.63, 3.8) is 0 Å². The summed E-state index contributed by atoms with van der Waals surface area (Å²) in [4.78, 5) is 16.1. The lowest BCUT2D eigenvalue weighted by Gasteiger charge is -2.40. The van der Waals surface area contributed by atoms with Gasteiger partial charge >= 0.3 is 5.97 Å². The smallest absolute Gasteiger partial charge is 0.314 e. The summed E-state index contributed by atoms with van der Waals surface area (Å²) in [5, 5.41) is 25.9. The van der Waals surface area contributed by atoms with Gasteiger partial charge in [0.1, 0.15) is 35.8 Å². The Bertz CT molecular complexity index is 951. The average Bonchev–Trinajstić information content (AvgIpc) is 3.17. The lowest BCUT2D eigenvalue weighted by Crippen LogP contribution is -2.46. The fourth-order valence-corrected chi connectivity index (χ4v) is 3.65. The molecule has 0 radical (unpaired) electrons. The normalized spacial score (nSPS) is 15.6. The predicted molar refractivity (Wildman–Crippen MR) is 96.4 cm³/mol. The van der Waals surface area contributed by atoms with Crippen LogP contribution in [-0.2, 0) is 10.4 Å². The molecule has 2 aromatic carbocycles. The maximum atomic E-state index is 14.8. The number of carboxylic acid groups (broad SMARTS) is 1. The van der Waals surface area contributed by atoms with Crippen molar-refractivity contribution >= 4 is 5.97 Å². The second-order valence-electron chi connectivity index (χ2n) is 6.43. The Balaban J connectivity index is 2.31. The molecule has 0 aliphatic heterocycles. The molecule has 1 aromatic heterocycles. The molecule has 3 atom stereocenters. The Kier molecular flexibility index (Phi) is 5.51. The van der Waals surface area contributed by atoms with Crippen LogP contribution >= 0.6 is 0 Å². The number of aliphatic hydroxyl groups is 1. The van der Waals surface area contributed by atoms with Crippen LogP contribution in [0.4, 0.5) is 8.78 Å². The van der Waals surface area contributed by atoms with Gasteiger partial charge in [-0.15, -0.1) is 0 Å². The lowest BCUT2D eigenvalue weighted by atomic mass is 9.71. The van der Waals surface area contributed by atoms with Gasteiger partial charge in [0.25, 0.3) is 0 Å². The van der Waals surface area contributed by atoms with Crippen molar-refractivity contribution in [1.29, 1.82) is 0 Å². The fourth-order valence-electron chi connectivity index (χ4n) is 3.65. The van der Waals surface area contributed by atoms with E-state index in [4.69, 9.17) is 0 Å². The molecular formula is C20H19F2N3O3. The number of rotatable bonds is 7. The first-order valence-corrected chi connectivity index (χ1v) is 8.69. The molecule has 3 rings (SSSR count). The summed E-state index contributed by atoms with van der Waals surface area (Å²) in [5.74, 6) is -4.76. The number of carbonyl (C=O) groups is 1. The first-order valence-electron chi connectivity index (χ1n) is 8.69. The summed E-state index contributed by atoms with van der Waals surface area (Å²) in [6, 6.07) is 9.75. The van der Waals surface area contributed by atoms with E-state index in [9.17, 15) is 23.8 Å². The summed E-state index contributed by atoms with van der Waals surface area (Å²) < 4.78 is 29.6. The number of benzene rings is 2. The van der Waals surface area contributed by atoms with Crippen molar-refractivity contribution in [2.45, 2.75) is 30.9 Å². The van der Waals surface area contributed by atoms with Gasteiger partial charge in [0.05, 0.1) is 6.04 Å². The first-order chi connectivity index (χ1) is 13.4. The van der Waals surface area contributed by atoms with Crippen molar-refractivity contribution in [2.75, 3.05) is 0 Å². The third-order valence-corrected chi connectivity index (χ3v) is 4.83. The number of hydrogen-bond acceptors (Lipinski definition) is 4. The van der Waals surface area contributed by atoms with Gasteiger partial charge < -0.3 is 10.2 Å². The molecule has 3 aromatic rings. The highest BCUT2D eigenvalue weighted by Gasteiger charge is 2.52. The lowest BCUT2D eigenvalue weighted by molar-refractivity contribution is -0.150. The second-order valence-corrected chi connectivity index (χ2v) is 6.43. The van der Waals surface area contributed by atoms with Gasteiger partial charge in [0.2, 0.25) is 0 Å². The molecule has 3 unspecified atom stereocenters. The third-order valence-electron chi connectivity index (χ3n) is 4.83. The number of carboxylic acids is 1. The van der Waals surface area contributed by atoms with E-state index in [0.29, 0.717) is 6.07 Å². The number of aliphatic carboxylic acids is 1. The minimum atomic E-state index is -2.27. The second kappa shape index (κ2) is 7.85. The molecule has 2 N–H and O–H groups in total. The third kappa shape index (κ3) is 3.38. The van der Waals surface area contributed by atoms with Crippen molar-refractivity contribution < 1.29 is 23.8 Å². The van der Waals surface area contributed by atoms with E-state index in [2.05, 4.69) is 10.1 Å². The van der Waals surface area contributed by atoms with Crippen LogP contribution in [0.25, 0.3) is 0 Å². The highest BCUT2D eigenvalue weighted by Crippen LogP contribution is 2.47. The number of aromatic nitrogens is 3. The summed E-state index contributed by atoms with van der Waals surface area (Å²) in [6.45, 7) is 1.71. The summed E-state index contributed by atoms with van der Waals surface area (Å²) in [5.41, 5.74) is -2.32. The number of nitrogens with zero attached hydrogens (tertiary/aromatic N) is 3. The molecule has 0 saturated heterocycles. The van der Waals surface area contributed by atoms with Crippen molar-refractivity contribution in [2.24, 2.45) is 0 Å². The van der Waals surface area contributed by atoms with Crippen LogP contribution in [-0.4, -0.2) is 30.9 Å². The Morgan fingerprint density at radius 2 is 1.93 bits per heavy atom. The zero-order chi connectivity index (χ0) is 20.3. The SMILES string of the molecule is CCC(n1cncn1)C(O)(c1ccc(F)cc1F)C(C(=O)O)c1ccccc1. The van der Waals surface area contributed by atoms with E-state index in [0.717, 1.165) is 12.1 Å². The van der Waals surface area contributed by atoms with Gasteiger partial charge in [0, 0.05) is 11.6 Å². The summed E-state index contributed by atoms with van der Waals surface area (Å²) in [7, 11) is 0. The van der Waals surface area contributed by atoms with Crippen molar-refractivity contribution in [1.82, 2.24) is 14.8 Å². The van der Waals surface area contributed by atoms with Crippen LogP contribution in [0.15, 0.2) is 61.2 Å². The van der Waals surface area contributed by atoms with Crippen LogP contribution in [0.3, 0.4) is 0 Å². The molecule has 0 amide bonds. The maximum absolute atomic E-state index is 14.8. The molecule has 0 aliphatic rings. The van der Waals surface area contributed by atoms with E-state index >= 15 is 0 Å². The van der Waals surface area contributed by atoms with Crippen LogP contribution in [0.5, 0.6) is 0 Å². The quantitative estimate of drug-likeness (QED) is 0.650. The van der Waals surface area contributed by atoms with E-state index in [-0.39, 0.29) is 17.5 Å². The maximum Gasteiger partial charge on any atom is 0.314 e. The van der Waals surface area contributed by atoms with Crippen LogP contribution in [0.1, 0.15) is 36.4 Å². The highest BCUT2D eigenvalue weighted by molar-refractivity contribution is 5.78. The molecular weight excluding hydrogens is 368 g/mol. The number of halogens is 2. The van der Waals surface area contributed by atoms with Gasteiger partial charge in [0.15, 0.2) is 0 Å². The van der Waals surface area contributed by atoms with Crippen molar-refractivity contribution in [3.05, 3.63) is 83.9 Å². The molecule has 6 nitrogen and oxygen atoms in total. The van der Waals surface area contributed by atoms with Crippen LogP contribution in [0, 0.1) is 11.6 Å². The van der Waals surface area contributed by atoms with Crippen molar-refractivity contribution in [3.8, 4) is 0 Å². The molecule has 28 heavy (non-hydrogen) atoms. The number of hydrogen-bond donors (Lipinski definition) is 2. The standard InChI is InChI=1S/C20H19F2N3O3/c1-2-17(25-12-23-11-24-25)20(28,15-9-8-14(21)10-16(15)22)18(19(26)27)13-6-4-3-5-7-13/h3-12,17-18,28H,2H2,1H3,(H,26,27). The van der Waals surface area contributed by atoms with Gasteiger partial charge in [-0.3, -0.25) is 4.79 Å². The molecule has 0 saturated carbocycles. The van der Waals surface area contributed by atoms with Gasteiger partial charge in [-0.05, 0) is 18.1 Å². The Hall–Kier alpha value is -3.13. The topological polar surface area (TPSA) is 88.2 Å². The molecule has 0 aliphatic carbocycles. The summed E-state index contributed by atoms with van der Waals surface area (Å²) >= 11 is 0. The molecule has 1 heterocycles. The van der Waals surface area contributed by atoms with E-state index in [1.807, 2.05) is 0 Å². The molecule has 0 spiro atoms. The molecule has 146 valence electrons. The molecule has 0 fully saturated rings. The monoisotopic (exact) mass is 387 g/mol. The highest BCUT2D eigenvalue weighted by atomic mass is 19.1. The first kappa shape index (κ1) is 19.6. The van der Waals surface area contributed by atoms with Crippen LogP contribution < -0.4 is 0 Å². The Morgan fingerprint density at radius 3 is 2.46 bits per heavy atom. The zero-order valence-corrected chi connectivity index (χ0v) is 15.0. The fraction of sp³-hybridized carbons (Fsp3) is 0.250. The zero-order valence-electron chi connectivity index (χ0n) is 15.0. The van der Waals surface area contributed by atoms with E-state index in [1.54, 1.807) is 37.3 Å².